The Morgan fingerprint density at radius 2 is 2.29 bits per heavy atom. The minimum absolute atomic E-state index is 0.0954. The number of ether oxygens (including phenoxy) is 2. The Bertz CT molecular complexity index is 430. The fraction of sp³-hybridized carbons (Fsp3) is 0.182. The monoisotopic (exact) mass is 237 g/mol. The number of non-ortho nitro benzene ring substituents is 1. The van der Waals surface area contributed by atoms with Crippen molar-refractivity contribution in [1.29, 1.82) is 0 Å². The molecule has 0 aliphatic heterocycles. The smallest absolute Gasteiger partial charge is 0.344 e. The third-order valence-electron chi connectivity index (χ3n) is 1.75. The van der Waals surface area contributed by atoms with Gasteiger partial charge in [-0.05, 0) is 6.07 Å². The second-order valence-corrected chi connectivity index (χ2v) is 3.01. The molecule has 6 nitrogen and oxygen atoms in total. The molecule has 90 valence electrons. The van der Waals surface area contributed by atoms with Gasteiger partial charge in [0.15, 0.2) is 6.61 Å². The van der Waals surface area contributed by atoms with Crippen molar-refractivity contribution in [2.45, 2.75) is 0 Å². The van der Waals surface area contributed by atoms with E-state index < -0.39 is 10.9 Å². The Morgan fingerprint density at radius 1 is 1.53 bits per heavy atom. The molecule has 0 heterocycles. The normalized spacial score (nSPS) is 9.41. The molecular weight excluding hydrogens is 226 g/mol. The number of nitrogens with zero attached hydrogens (tertiary/aromatic N) is 1. The van der Waals surface area contributed by atoms with Crippen molar-refractivity contribution in [3.05, 3.63) is 47.0 Å². The molecule has 1 aromatic rings. The molecule has 0 amide bonds. The second kappa shape index (κ2) is 6.26. The molecule has 0 spiro atoms. The summed E-state index contributed by atoms with van der Waals surface area (Å²) >= 11 is 0. The van der Waals surface area contributed by atoms with Crippen LogP contribution in [0.2, 0.25) is 0 Å². The highest BCUT2D eigenvalue weighted by Gasteiger charge is 2.08. The minimum Gasteiger partial charge on any atom is -0.482 e. The maximum absolute atomic E-state index is 11.1. The van der Waals surface area contributed by atoms with E-state index >= 15 is 0 Å². The van der Waals surface area contributed by atoms with Crippen molar-refractivity contribution in [3.8, 4) is 5.75 Å². The zero-order valence-corrected chi connectivity index (χ0v) is 9.00. The van der Waals surface area contributed by atoms with Crippen molar-refractivity contribution < 1.29 is 19.2 Å². The van der Waals surface area contributed by atoms with E-state index in [1.807, 2.05) is 0 Å². The lowest BCUT2D eigenvalue weighted by Gasteiger charge is -2.05. The summed E-state index contributed by atoms with van der Waals surface area (Å²) in [6.07, 6.45) is 1.44. The van der Waals surface area contributed by atoms with Crippen molar-refractivity contribution in [2.24, 2.45) is 0 Å². The fourth-order valence-electron chi connectivity index (χ4n) is 1.02. The van der Waals surface area contributed by atoms with Gasteiger partial charge in [0, 0.05) is 6.07 Å². The molecular formula is C11H11NO5. The topological polar surface area (TPSA) is 78.7 Å². The summed E-state index contributed by atoms with van der Waals surface area (Å²) in [6, 6.07) is 5.57. The first kappa shape index (κ1) is 12.7. The van der Waals surface area contributed by atoms with Gasteiger partial charge in [-0.3, -0.25) is 10.1 Å². The van der Waals surface area contributed by atoms with Crippen LogP contribution in [-0.2, 0) is 9.53 Å². The average Bonchev–Trinajstić information content (AvgIpc) is 2.34. The van der Waals surface area contributed by atoms with Crippen molar-refractivity contribution in [2.75, 3.05) is 13.2 Å². The Kier molecular flexibility index (Phi) is 4.68. The van der Waals surface area contributed by atoms with Gasteiger partial charge in [0.05, 0.1) is 11.0 Å². The van der Waals surface area contributed by atoms with E-state index in [1.54, 1.807) is 0 Å². The van der Waals surface area contributed by atoms with E-state index in [2.05, 4.69) is 11.3 Å². The number of hydrogen-bond acceptors (Lipinski definition) is 5. The Labute approximate surface area is 97.6 Å². The molecule has 0 aromatic heterocycles. The van der Waals surface area contributed by atoms with Gasteiger partial charge in [0.1, 0.15) is 12.4 Å². The standard InChI is InChI=1S/C11H11NO5/c1-2-6-16-11(13)8-17-10-5-3-4-9(7-10)12(14)15/h2-5,7H,1,6,8H2. The van der Waals surface area contributed by atoms with Gasteiger partial charge < -0.3 is 9.47 Å². The highest BCUT2D eigenvalue weighted by atomic mass is 16.6. The quantitative estimate of drug-likeness (QED) is 0.325. The lowest BCUT2D eigenvalue weighted by atomic mass is 10.3. The first-order chi connectivity index (χ1) is 8.13. The number of hydrogen-bond donors (Lipinski definition) is 0. The number of nitro benzene ring substituents is 1. The molecule has 0 unspecified atom stereocenters. The molecule has 0 aliphatic rings. The van der Waals surface area contributed by atoms with Gasteiger partial charge in [-0.2, -0.15) is 0 Å². The number of benzene rings is 1. The predicted octanol–water partition coefficient (Wildman–Crippen LogP) is 1.70. The number of rotatable bonds is 6. The van der Waals surface area contributed by atoms with E-state index in [0.29, 0.717) is 0 Å². The van der Waals surface area contributed by atoms with E-state index in [9.17, 15) is 14.9 Å². The van der Waals surface area contributed by atoms with Crippen LogP contribution in [-0.4, -0.2) is 24.1 Å². The molecule has 0 atom stereocenters. The molecule has 0 aliphatic carbocycles. The summed E-state index contributed by atoms with van der Waals surface area (Å²) in [5, 5.41) is 10.5. The summed E-state index contributed by atoms with van der Waals surface area (Å²) < 4.78 is 9.72. The number of carbonyl (C=O) groups is 1. The van der Waals surface area contributed by atoms with Crippen LogP contribution in [0.5, 0.6) is 5.75 Å². The fourth-order valence-corrected chi connectivity index (χ4v) is 1.02. The summed E-state index contributed by atoms with van der Waals surface area (Å²) in [4.78, 5) is 21.0. The second-order valence-electron chi connectivity index (χ2n) is 3.01. The summed E-state index contributed by atoms with van der Waals surface area (Å²) in [7, 11) is 0. The van der Waals surface area contributed by atoms with Crippen LogP contribution in [0.3, 0.4) is 0 Å². The van der Waals surface area contributed by atoms with Gasteiger partial charge >= 0.3 is 5.97 Å². The maximum Gasteiger partial charge on any atom is 0.344 e. The lowest BCUT2D eigenvalue weighted by Crippen LogP contribution is -2.14. The average molecular weight is 237 g/mol. The Hall–Kier alpha value is -2.37. The molecule has 1 rings (SSSR count). The third kappa shape index (κ3) is 4.33. The van der Waals surface area contributed by atoms with E-state index in [1.165, 1.54) is 30.3 Å². The molecule has 0 saturated heterocycles. The molecule has 17 heavy (non-hydrogen) atoms. The van der Waals surface area contributed by atoms with Crippen molar-refractivity contribution >= 4 is 11.7 Å². The molecule has 0 bridgehead atoms. The summed E-state index contributed by atoms with van der Waals surface area (Å²) in [5.74, 6) is -0.314. The van der Waals surface area contributed by atoms with Crippen LogP contribution in [0, 0.1) is 10.1 Å². The van der Waals surface area contributed by atoms with Crippen molar-refractivity contribution in [1.82, 2.24) is 0 Å². The SMILES string of the molecule is C=CCOC(=O)COc1cccc([N+](=O)[O-])c1. The first-order valence-electron chi connectivity index (χ1n) is 4.77. The molecule has 1 aromatic carbocycles. The lowest BCUT2D eigenvalue weighted by molar-refractivity contribution is -0.384. The molecule has 0 fully saturated rings. The third-order valence-corrected chi connectivity index (χ3v) is 1.75. The van der Waals surface area contributed by atoms with E-state index in [0.717, 1.165) is 0 Å². The van der Waals surface area contributed by atoms with Gasteiger partial charge in [-0.25, -0.2) is 4.79 Å². The largest absolute Gasteiger partial charge is 0.482 e. The van der Waals surface area contributed by atoms with Crippen molar-refractivity contribution in [3.63, 3.8) is 0 Å². The zero-order chi connectivity index (χ0) is 12.7. The number of carbonyl (C=O) groups excluding carboxylic acids is 1. The van der Waals surface area contributed by atoms with Crippen LogP contribution in [0.25, 0.3) is 0 Å². The van der Waals surface area contributed by atoms with Crippen LogP contribution in [0.15, 0.2) is 36.9 Å². The molecule has 0 saturated carbocycles. The maximum atomic E-state index is 11.1. The molecule has 0 N–H and O–H groups in total. The number of esters is 1. The van der Waals surface area contributed by atoms with Gasteiger partial charge in [-0.15, -0.1) is 0 Å². The van der Waals surface area contributed by atoms with Gasteiger partial charge in [0.2, 0.25) is 0 Å². The highest BCUT2D eigenvalue weighted by molar-refractivity contribution is 5.71. The molecule has 6 heteroatoms. The predicted molar refractivity (Wildman–Crippen MR) is 59.7 cm³/mol. The summed E-state index contributed by atoms with van der Waals surface area (Å²) in [5.41, 5.74) is -0.0954. The van der Waals surface area contributed by atoms with E-state index in [-0.39, 0.29) is 24.7 Å². The first-order valence-corrected chi connectivity index (χ1v) is 4.77. The van der Waals surface area contributed by atoms with Crippen LogP contribution in [0.1, 0.15) is 0 Å². The Balaban J connectivity index is 2.51. The zero-order valence-electron chi connectivity index (χ0n) is 9.00. The minimum atomic E-state index is -0.559. The Morgan fingerprint density at radius 3 is 2.94 bits per heavy atom. The van der Waals surface area contributed by atoms with Crippen LogP contribution in [0.4, 0.5) is 5.69 Å². The van der Waals surface area contributed by atoms with Gasteiger partial charge in [0.25, 0.3) is 5.69 Å². The molecule has 0 radical (unpaired) electrons. The van der Waals surface area contributed by atoms with Gasteiger partial charge in [-0.1, -0.05) is 18.7 Å². The summed E-state index contributed by atoms with van der Waals surface area (Å²) in [6.45, 7) is 3.20. The van der Waals surface area contributed by atoms with E-state index in [4.69, 9.17) is 4.74 Å². The van der Waals surface area contributed by atoms with Crippen LogP contribution < -0.4 is 4.74 Å². The van der Waals surface area contributed by atoms with Crippen LogP contribution >= 0.6 is 0 Å². The highest BCUT2D eigenvalue weighted by Crippen LogP contribution is 2.18. The number of nitro groups is 1.